The molecule has 1 atom stereocenters. The number of rotatable bonds is 7. The molecule has 1 N–H and O–H groups in total. The summed E-state index contributed by atoms with van der Waals surface area (Å²) in [5.41, 5.74) is 2.38. The van der Waals surface area contributed by atoms with Gasteiger partial charge in [0.2, 0.25) is 0 Å². The molecule has 0 aliphatic carbocycles. The molecule has 0 bridgehead atoms. The van der Waals surface area contributed by atoms with E-state index in [0.29, 0.717) is 5.56 Å². The first kappa shape index (κ1) is 17.5. The molecule has 3 aromatic carbocycles. The number of methoxy groups -OCH3 is 2. The molecule has 0 unspecified atom stereocenters. The zero-order chi connectivity index (χ0) is 18.4. The first-order valence-electron chi connectivity index (χ1n) is 8.35. The molecule has 0 aliphatic rings. The van der Waals surface area contributed by atoms with Crippen LogP contribution >= 0.6 is 0 Å². The van der Waals surface area contributed by atoms with E-state index in [9.17, 15) is 4.79 Å². The van der Waals surface area contributed by atoms with Crippen LogP contribution in [0.2, 0.25) is 0 Å². The first-order chi connectivity index (χ1) is 12.7. The van der Waals surface area contributed by atoms with Gasteiger partial charge in [-0.15, -0.1) is 0 Å². The summed E-state index contributed by atoms with van der Waals surface area (Å²) >= 11 is 0. The van der Waals surface area contributed by atoms with E-state index in [4.69, 9.17) is 9.47 Å². The highest BCUT2D eigenvalue weighted by Crippen LogP contribution is 2.26. The van der Waals surface area contributed by atoms with Crippen LogP contribution in [0.5, 0.6) is 11.5 Å². The summed E-state index contributed by atoms with van der Waals surface area (Å²) in [7, 11) is 3.23. The van der Waals surface area contributed by atoms with E-state index in [1.807, 2.05) is 54.6 Å². The number of ether oxygens (including phenoxy) is 2. The minimum atomic E-state index is -0.488. The molecular weight excluding hydrogens is 326 g/mol. The first-order valence-corrected chi connectivity index (χ1v) is 8.35. The van der Waals surface area contributed by atoms with Crippen molar-refractivity contribution in [3.8, 4) is 11.5 Å². The van der Waals surface area contributed by atoms with Crippen molar-refractivity contribution in [1.29, 1.82) is 0 Å². The van der Waals surface area contributed by atoms with E-state index in [1.165, 1.54) is 0 Å². The molecule has 4 nitrogen and oxygen atoms in total. The maximum absolute atomic E-state index is 13.1. The van der Waals surface area contributed by atoms with Crippen molar-refractivity contribution in [2.45, 2.75) is 6.04 Å². The number of ketones is 1. The smallest absolute Gasteiger partial charge is 0.189 e. The second-order valence-electron chi connectivity index (χ2n) is 5.81. The second kappa shape index (κ2) is 8.21. The number of nitrogens with one attached hydrogen (secondary N) is 1. The Bertz CT molecular complexity index is 843. The standard InChI is InChI=1S/C22H21NO3/c1-25-19-12-8-17(9-13-19)22(24)21(16-6-4-3-5-7-16)23-18-10-14-20(26-2)15-11-18/h3-15,21,23H,1-2H3/t21-/m1/s1. The number of anilines is 1. The summed E-state index contributed by atoms with van der Waals surface area (Å²) in [6.07, 6.45) is 0. The summed E-state index contributed by atoms with van der Waals surface area (Å²) in [5.74, 6) is 1.49. The molecule has 0 aliphatic heterocycles. The van der Waals surface area contributed by atoms with Crippen molar-refractivity contribution < 1.29 is 14.3 Å². The Morgan fingerprint density at radius 1 is 0.769 bits per heavy atom. The number of Topliss-reactive ketones (excluding diaryl/α,β-unsaturated/α-hetero) is 1. The fraction of sp³-hybridized carbons (Fsp3) is 0.136. The van der Waals surface area contributed by atoms with Crippen LogP contribution in [0.15, 0.2) is 78.9 Å². The van der Waals surface area contributed by atoms with E-state index >= 15 is 0 Å². The van der Waals surface area contributed by atoms with Gasteiger partial charge >= 0.3 is 0 Å². The van der Waals surface area contributed by atoms with E-state index < -0.39 is 6.04 Å². The van der Waals surface area contributed by atoms with E-state index in [-0.39, 0.29) is 5.78 Å². The van der Waals surface area contributed by atoms with Crippen LogP contribution in [0.1, 0.15) is 22.0 Å². The molecule has 0 radical (unpaired) electrons. The third kappa shape index (κ3) is 4.03. The average Bonchev–Trinajstić information content (AvgIpc) is 2.72. The van der Waals surface area contributed by atoms with Crippen LogP contribution in [0.25, 0.3) is 0 Å². The molecule has 0 amide bonds. The van der Waals surface area contributed by atoms with Gasteiger partial charge in [0.25, 0.3) is 0 Å². The Kier molecular flexibility index (Phi) is 5.54. The molecule has 3 aromatic rings. The molecule has 0 aromatic heterocycles. The van der Waals surface area contributed by atoms with Crippen LogP contribution in [-0.2, 0) is 0 Å². The van der Waals surface area contributed by atoms with Gasteiger partial charge in [-0.25, -0.2) is 0 Å². The second-order valence-corrected chi connectivity index (χ2v) is 5.81. The van der Waals surface area contributed by atoms with Gasteiger partial charge in [-0.2, -0.15) is 0 Å². The van der Waals surface area contributed by atoms with Gasteiger partial charge in [-0.3, -0.25) is 4.79 Å². The Balaban J connectivity index is 1.90. The topological polar surface area (TPSA) is 47.6 Å². The van der Waals surface area contributed by atoms with Crippen LogP contribution in [0.4, 0.5) is 5.69 Å². The molecule has 132 valence electrons. The van der Waals surface area contributed by atoms with E-state index in [0.717, 1.165) is 22.7 Å². The zero-order valence-corrected chi connectivity index (χ0v) is 14.8. The Morgan fingerprint density at radius 3 is 1.85 bits per heavy atom. The maximum Gasteiger partial charge on any atom is 0.189 e. The average molecular weight is 347 g/mol. The van der Waals surface area contributed by atoms with Gasteiger partial charge in [0.05, 0.1) is 14.2 Å². The molecule has 0 fully saturated rings. The lowest BCUT2D eigenvalue weighted by atomic mass is 9.97. The van der Waals surface area contributed by atoms with Crippen molar-refractivity contribution in [1.82, 2.24) is 0 Å². The molecular formula is C22H21NO3. The fourth-order valence-electron chi connectivity index (χ4n) is 2.72. The fourth-order valence-corrected chi connectivity index (χ4v) is 2.72. The number of hydrogen-bond acceptors (Lipinski definition) is 4. The van der Waals surface area contributed by atoms with Gasteiger partial charge in [-0.1, -0.05) is 30.3 Å². The van der Waals surface area contributed by atoms with Crippen molar-refractivity contribution in [2.75, 3.05) is 19.5 Å². The van der Waals surface area contributed by atoms with Crippen LogP contribution in [0, 0.1) is 0 Å². The Hall–Kier alpha value is -3.27. The van der Waals surface area contributed by atoms with Gasteiger partial charge < -0.3 is 14.8 Å². The highest BCUT2D eigenvalue weighted by atomic mass is 16.5. The highest BCUT2D eigenvalue weighted by molar-refractivity contribution is 6.02. The molecule has 0 spiro atoms. The van der Waals surface area contributed by atoms with Gasteiger partial charge in [-0.05, 0) is 54.1 Å². The largest absolute Gasteiger partial charge is 0.497 e. The summed E-state index contributed by atoms with van der Waals surface area (Å²) in [6, 6.07) is 23.9. The zero-order valence-electron chi connectivity index (χ0n) is 14.8. The van der Waals surface area contributed by atoms with Gasteiger partial charge in [0, 0.05) is 11.3 Å². The van der Waals surface area contributed by atoms with Crippen LogP contribution < -0.4 is 14.8 Å². The van der Waals surface area contributed by atoms with Crippen molar-refractivity contribution in [3.63, 3.8) is 0 Å². The van der Waals surface area contributed by atoms with Gasteiger partial charge in [0.15, 0.2) is 5.78 Å². The summed E-state index contributed by atoms with van der Waals surface area (Å²) in [6.45, 7) is 0. The van der Waals surface area contributed by atoms with Crippen LogP contribution in [0.3, 0.4) is 0 Å². The minimum absolute atomic E-state index is 0.00493. The number of hydrogen-bond donors (Lipinski definition) is 1. The third-order valence-corrected chi connectivity index (χ3v) is 4.17. The lowest BCUT2D eigenvalue weighted by Gasteiger charge is -2.20. The predicted octanol–water partition coefficient (Wildman–Crippen LogP) is 4.74. The Labute approximate surface area is 153 Å². The predicted molar refractivity (Wildman–Crippen MR) is 103 cm³/mol. The molecule has 0 saturated heterocycles. The molecule has 3 rings (SSSR count). The van der Waals surface area contributed by atoms with Crippen molar-refractivity contribution in [3.05, 3.63) is 90.0 Å². The SMILES string of the molecule is COc1ccc(N[C@@H](C(=O)c2ccc(OC)cc2)c2ccccc2)cc1. The number of benzene rings is 3. The lowest BCUT2D eigenvalue weighted by molar-refractivity contribution is 0.0969. The molecule has 0 saturated carbocycles. The third-order valence-electron chi connectivity index (χ3n) is 4.17. The molecule has 0 heterocycles. The van der Waals surface area contributed by atoms with E-state index in [1.54, 1.807) is 38.5 Å². The lowest BCUT2D eigenvalue weighted by Crippen LogP contribution is -2.21. The van der Waals surface area contributed by atoms with Crippen LogP contribution in [-0.4, -0.2) is 20.0 Å². The van der Waals surface area contributed by atoms with Crippen molar-refractivity contribution >= 4 is 11.5 Å². The normalized spacial score (nSPS) is 11.5. The quantitative estimate of drug-likeness (QED) is 0.627. The molecule has 26 heavy (non-hydrogen) atoms. The summed E-state index contributed by atoms with van der Waals surface area (Å²) in [4.78, 5) is 13.1. The number of carbonyl (C=O) groups excluding carboxylic acids is 1. The highest BCUT2D eigenvalue weighted by Gasteiger charge is 2.22. The van der Waals surface area contributed by atoms with Gasteiger partial charge in [0.1, 0.15) is 17.5 Å². The number of carbonyl (C=O) groups is 1. The minimum Gasteiger partial charge on any atom is -0.497 e. The monoisotopic (exact) mass is 347 g/mol. The Morgan fingerprint density at radius 2 is 1.31 bits per heavy atom. The maximum atomic E-state index is 13.1. The van der Waals surface area contributed by atoms with E-state index in [2.05, 4.69) is 5.32 Å². The van der Waals surface area contributed by atoms with Crippen molar-refractivity contribution in [2.24, 2.45) is 0 Å². The summed E-state index contributed by atoms with van der Waals surface area (Å²) < 4.78 is 10.4. The summed E-state index contributed by atoms with van der Waals surface area (Å²) in [5, 5.41) is 3.34. The molecule has 4 heteroatoms.